The Hall–Kier alpha value is -1.77. The van der Waals surface area contributed by atoms with E-state index in [0.717, 1.165) is 11.3 Å². The number of hydrogen-bond acceptors (Lipinski definition) is 5. The van der Waals surface area contributed by atoms with Crippen LogP contribution in [-0.2, 0) is 27.8 Å². The summed E-state index contributed by atoms with van der Waals surface area (Å²) in [6, 6.07) is 8.71. The molecular weight excluding hydrogens is 322 g/mol. The van der Waals surface area contributed by atoms with Gasteiger partial charge in [-0.1, -0.05) is 13.0 Å². The SMILES string of the molecule is CCc1ccc(S(=O)(=O)NCC(=O)NCc2ccccn2)s1. The van der Waals surface area contributed by atoms with Crippen molar-refractivity contribution in [3.8, 4) is 0 Å². The van der Waals surface area contributed by atoms with Crippen LogP contribution in [0.3, 0.4) is 0 Å². The molecule has 2 rings (SSSR count). The quantitative estimate of drug-likeness (QED) is 0.796. The minimum absolute atomic E-state index is 0.224. The fraction of sp³-hybridized carbons (Fsp3) is 0.286. The fourth-order valence-electron chi connectivity index (χ4n) is 1.68. The van der Waals surface area contributed by atoms with E-state index >= 15 is 0 Å². The highest BCUT2D eigenvalue weighted by atomic mass is 32.2. The molecule has 2 heterocycles. The minimum atomic E-state index is -3.64. The summed E-state index contributed by atoms with van der Waals surface area (Å²) in [5.74, 6) is -0.401. The van der Waals surface area contributed by atoms with Gasteiger partial charge in [0.2, 0.25) is 5.91 Å². The van der Waals surface area contributed by atoms with Gasteiger partial charge in [0.1, 0.15) is 4.21 Å². The molecule has 0 unspecified atom stereocenters. The van der Waals surface area contributed by atoms with Crippen molar-refractivity contribution in [3.63, 3.8) is 0 Å². The Morgan fingerprint density at radius 1 is 1.27 bits per heavy atom. The number of hydrogen-bond donors (Lipinski definition) is 2. The van der Waals surface area contributed by atoms with Gasteiger partial charge in [-0.15, -0.1) is 11.3 Å². The summed E-state index contributed by atoms with van der Waals surface area (Å²) < 4.78 is 26.6. The van der Waals surface area contributed by atoms with Crippen molar-refractivity contribution in [2.45, 2.75) is 24.1 Å². The molecule has 0 saturated heterocycles. The second-order valence-electron chi connectivity index (χ2n) is 4.50. The molecule has 8 heteroatoms. The predicted octanol–water partition coefficient (Wildman–Crippen LogP) is 1.30. The number of sulfonamides is 1. The number of aromatic nitrogens is 1. The van der Waals surface area contributed by atoms with Crippen LogP contribution in [0, 0.1) is 0 Å². The summed E-state index contributed by atoms with van der Waals surface area (Å²) >= 11 is 1.21. The standard InChI is InChI=1S/C14H17N3O3S2/c1-2-12-6-7-14(21-12)22(19,20)17-10-13(18)16-9-11-5-3-4-8-15-11/h3-8,17H,2,9-10H2,1H3,(H,16,18). The first-order valence-electron chi connectivity index (χ1n) is 6.76. The summed E-state index contributed by atoms with van der Waals surface area (Å²) in [7, 11) is -3.64. The summed E-state index contributed by atoms with van der Waals surface area (Å²) in [5.41, 5.74) is 0.713. The second-order valence-corrected chi connectivity index (χ2v) is 7.66. The number of pyridine rings is 1. The minimum Gasteiger partial charge on any atom is -0.349 e. The van der Waals surface area contributed by atoms with Gasteiger partial charge in [-0.2, -0.15) is 0 Å². The smallest absolute Gasteiger partial charge is 0.250 e. The van der Waals surface area contributed by atoms with E-state index in [1.165, 1.54) is 11.3 Å². The number of thiophene rings is 1. The van der Waals surface area contributed by atoms with Gasteiger partial charge in [0.05, 0.1) is 18.8 Å². The lowest BCUT2D eigenvalue weighted by atomic mass is 10.3. The van der Waals surface area contributed by atoms with Crippen LogP contribution >= 0.6 is 11.3 Å². The first kappa shape index (κ1) is 16.6. The number of nitrogens with one attached hydrogen (secondary N) is 2. The molecule has 0 spiro atoms. The van der Waals surface area contributed by atoms with Gasteiger partial charge in [0.15, 0.2) is 0 Å². The van der Waals surface area contributed by atoms with Gasteiger partial charge < -0.3 is 5.32 Å². The molecule has 0 bridgehead atoms. The third-order valence-electron chi connectivity index (χ3n) is 2.87. The number of amides is 1. The van der Waals surface area contributed by atoms with Crippen molar-refractivity contribution in [1.29, 1.82) is 0 Å². The molecule has 0 atom stereocenters. The largest absolute Gasteiger partial charge is 0.349 e. The number of nitrogens with zero attached hydrogens (tertiary/aromatic N) is 1. The maximum absolute atomic E-state index is 12.0. The highest BCUT2D eigenvalue weighted by Crippen LogP contribution is 2.21. The molecular formula is C14H17N3O3S2. The van der Waals surface area contributed by atoms with Crippen LogP contribution in [0.1, 0.15) is 17.5 Å². The molecule has 0 saturated carbocycles. The van der Waals surface area contributed by atoms with Crippen LogP contribution < -0.4 is 10.0 Å². The summed E-state index contributed by atoms with van der Waals surface area (Å²) in [4.78, 5) is 16.7. The molecule has 0 aliphatic carbocycles. The molecule has 0 aromatic carbocycles. The van der Waals surface area contributed by atoms with Crippen molar-refractivity contribution in [3.05, 3.63) is 47.1 Å². The third kappa shape index (κ3) is 4.62. The molecule has 1 amide bonds. The molecule has 118 valence electrons. The van der Waals surface area contributed by atoms with Gasteiger partial charge in [0, 0.05) is 11.1 Å². The van der Waals surface area contributed by atoms with Crippen LogP contribution in [0.5, 0.6) is 0 Å². The van der Waals surface area contributed by atoms with Gasteiger partial charge in [-0.05, 0) is 30.7 Å². The lowest BCUT2D eigenvalue weighted by Crippen LogP contribution is -2.36. The Morgan fingerprint density at radius 3 is 2.73 bits per heavy atom. The molecule has 6 nitrogen and oxygen atoms in total. The Bertz CT molecular complexity index is 727. The maximum Gasteiger partial charge on any atom is 0.250 e. The van der Waals surface area contributed by atoms with Crippen molar-refractivity contribution in [2.24, 2.45) is 0 Å². The van der Waals surface area contributed by atoms with E-state index in [0.29, 0.717) is 5.69 Å². The highest BCUT2D eigenvalue weighted by Gasteiger charge is 2.17. The normalized spacial score (nSPS) is 11.3. The van der Waals surface area contributed by atoms with Gasteiger partial charge in [0.25, 0.3) is 10.0 Å². The first-order valence-corrected chi connectivity index (χ1v) is 9.06. The molecule has 0 radical (unpaired) electrons. The van der Waals surface area contributed by atoms with Gasteiger partial charge in [-0.3, -0.25) is 9.78 Å². The molecule has 2 aromatic rings. The molecule has 0 aliphatic heterocycles. The number of carbonyl (C=O) groups is 1. The zero-order chi connectivity index (χ0) is 16.0. The average molecular weight is 339 g/mol. The maximum atomic E-state index is 12.0. The van der Waals surface area contributed by atoms with Crippen LogP contribution in [-0.4, -0.2) is 25.9 Å². The third-order valence-corrected chi connectivity index (χ3v) is 5.99. The Balaban J connectivity index is 1.85. The van der Waals surface area contributed by atoms with Crippen LogP contribution in [0.25, 0.3) is 0 Å². The average Bonchev–Trinajstić information content (AvgIpc) is 3.02. The predicted molar refractivity (Wildman–Crippen MR) is 85.0 cm³/mol. The molecule has 22 heavy (non-hydrogen) atoms. The highest BCUT2D eigenvalue weighted by molar-refractivity contribution is 7.91. The van der Waals surface area contributed by atoms with E-state index < -0.39 is 15.9 Å². The molecule has 2 N–H and O–H groups in total. The summed E-state index contributed by atoms with van der Waals surface area (Å²) in [6.07, 6.45) is 2.41. The fourth-order valence-corrected chi connectivity index (χ4v) is 4.00. The zero-order valence-electron chi connectivity index (χ0n) is 12.1. The van der Waals surface area contributed by atoms with Crippen LogP contribution in [0.4, 0.5) is 0 Å². The van der Waals surface area contributed by atoms with Crippen molar-refractivity contribution in [2.75, 3.05) is 6.54 Å². The lowest BCUT2D eigenvalue weighted by Gasteiger charge is -2.06. The Labute approximate surface area is 133 Å². The topological polar surface area (TPSA) is 88.2 Å². The Kier molecular flexibility index (Phi) is 5.64. The van der Waals surface area contributed by atoms with Crippen LogP contribution in [0.15, 0.2) is 40.7 Å². The van der Waals surface area contributed by atoms with E-state index in [1.54, 1.807) is 30.5 Å². The van der Waals surface area contributed by atoms with E-state index in [1.807, 2.05) is 13.0 Å². The number of carbonyl (C=O) groups excluding carboxylic acids is 1. The first-order chi connectivity index (χ1) is 10.5. The molecule has 0 fully saturated rings. The monoisotopic (exact) mass is 339 g/mol. The molecule has 2 aromatic heterocycles. The number of aryl methyl sites for hydroxylation is 1. The zero-order valence-corrected chi connectivity index (χ0v) is 13.7. The van der Waals surface area contributed by atoms with E-state index in [2.05, 4.69) is 15.0 Å². The van der Waals surface area contributed by atoms with E-state index in [4.69, 9.17) is 0 Å². The van der Waals surface area contributed by atoms with Gasteiger partial charge >= 0.3 is 0 Å². The van der Waals surface area contributed by atoms with Crippen LogP contribution in [0.2, 0.25) is 0 Å². The Morgan fingerprint density at radius 2 is 2.09 bits per heavy atom. The van der Waals surface area contributed by atoms with Crippen molar-refractivity contribution in [1.82, 2.24) is 15.0 Å². The summed E-state index contributed by atoms with van der Waals surface area (Å²) in [5, 5.41) is 2.61. The van der Waals surface area contributed by atoms with Gasteiger partial charge in [-0.25, -0.2) is 13.1 Å². The van der Waals surface area contributed by atoms with Crippen molar-refractivity contribution < 1.29 is 13.2 Å². The van der Waals surface area contributed by atoms with E-state index in [9.17, 15) is 13.2 Å². The van der Waals surface area contributed by atoms with Crippen molar-refractivity contribution >= 4 is 27.3 Å². The summed E-state index contributed by atoms with van der Waals surface area (Å²) in [6.45, 7) is 1.93. The number of rotatable bonds is 7. The van der Waals surface area contributed by atoms with E-state index in [-0.39, 0.29) is 17.3 Å². The lowest BCUT2D eigenvalue weighted by molar-refractivity contribution is -0.120. The second kappa shape index (κ2) is 7.48. The molecule has 0 aliphatic rings.